The van der Waals surface area contributed by atoms with Gasteiger partial charge in [-0.05, 0) is 36.0 Å². The summed E-state index contributed by atoms with van der Waals surface area (Å²) in [5.41, 5.74) is 3.01. The molecule has 2 saturated heterocycles. The van der Waals surface area contributed by atoms with Crippen molar-refractivity contribution in [2.45, 2.75) is 63.8 Å². The van der Waals surface area contributed by atoms with Crippen LogP contribution in [0, 0.1) is 5.92 Å². The van der Waals surface area contributed by atoms with Crippen LogP contribution < -0.4 is 16.0 Å². The minimum atomic E-state index is -1.06. The van der Waals surface area contributed by atoms with Crippen LogP contribution in [0.4, 0.5) is 0 Å². The van der Waals surface area contributed by atoms with Gasteiger partial charge in [0.15, 0.2) is 6.10 Å². The molecule has 0 aliphatic carbocycles. The first-order valence-corrected chi connectivity index (χ1v) is 16.2. The number of fused-ring (bicyclic) bond motifs is 3. The molecule has 5 amide bonds. The second-order valence-electron chi connectivity index (χ2n) is 12.7. The van der Waals surface area contributed by atoms with E-state index in [0.717, 1.165) is 22.0 Å². The van der Waals surface area contributed by atoms with Crippen LogP contribution in [0.1, 0.15) is 37.8 Å². The molecule has 2 bridgehead atoms. The number of nitrogens with zero attached hydrogens (tertiary/aromatic N) is 2. The molecular formula is C35H44N6O6. The van der Waals surface area contributed by atoms with E-state index < -0.39 is 47.9 Å². The number of rotatable bonds is 7. The number of benzene rings is 2. The van der Waals surface area contributed by atoms with Crippen molar-refractivity contribution >= 4 is 40.4 Å². The molecule has 5 rings (SSSR count). The lowest BCUT2D eigenvalue weighted by molar-refractivity contribution is -0.157. The Kier molecular flexibility index (Phi) is 10.9. The minimum absolute atomic E-state index is 0.0128. The number of nitrogens with one attached hydrogen (secondary N) is 4. The van der Waals surface area contributed by atoms with E-state index in [1.54, 1.807) is 4.90 Å². The number of aromatic nitrogens is 1. The lowest BCUT2D eigenvalue weighted by Gasteiger charge is -2.38. The fraction of sp³-hybridized carbons (Fsp3) is 0.457. The molecule has 2 aromatic carbocycles. The normalized spacial score (nSPS) is 23.1. The molecule has 2 aliphatic heterocycles. The van der Waals surface area contributed by atoms with Crippen LogP contribution in [0.3, 0.4) is 0 Å². The van der Waals surface area contributed by atoms with Crippen LogP contribution >= 0.6 is 0 Å². The Hall–Kier alpha value is -4.71. The third-order valence-electron chi connectivity index (χ3n) is 8.75. The Morgan fingerprint density at radius 1 is 0.957 bits per heavy atom. The van der Waals surface area contributed by atoms with Crippen LogP contribution in [0.5, 0.6) is 0 Å². The molecule has 0 unspecified atom stereocenters. The van der Waals surface area contributed by atoms with Gasteiger partial charge in [-0.3, -0.25) is 24.0 Å². The number of hydrogen-bond donors (Lipinski definition) is 4. The highest BCUT2D eigenvalue weighted by Gasteiger charge is 2.37. The summed E-state index contributed by atoms with van der Waals surface area (Å²) in [5, 5.41) is 9.56. The summed E-state index contributed by atoms with van der Waals surface area (Å²) in [7, 11) is 1.48. The van der Waals surface area contributed by atoms with Gasteiger partial charge in [0.05, 0.1) is 19.2 Å². The zero-order valence-corrected chi connectivity index (χ0v) is 27.2. The molecule has 2 fully saturated rings. The average molecular weight is 645 g/mol. The summed E-state index contributed by atoms with van der Waals surface area (Å²) in [5.74, 6) is -2.26. The Morgan fingerprint density at radius 3 is 2.47 bits per heavy atom. The fourth-order valence-corrected chi connectivity index (χ4v) is 6.18. The first-order chi connectivity index (χ1) is 22.6. The van der Waals surface area contributed by atoms with Crippen LogP contribution in [0.2, 0.25) is 0 Å². The smallest absolute Gasteiger partial charge is 0.251 e. The Balaban J connectivity index is 1.34. The third-order valence-corrected chi connectivity index (χ3v) is 8.75. The average Bonchev–Trinajstić information content (AvgIpc) is 3.48. The van der Waals surface area contributed by atoms with Crippen LogP contribution in [-0.2, 0) is 41.6 Å². The van der Waals surface area contributed by atoms with Crippen molar-refractivity contribution in [1.29, 1.82) is 0 Å². The second kappa shape index (κ2) is 15.3. The topological polar surface area (TPSA) is 153 Å². The van der Waals surface area contributed by atoms with E-state index in [1.165, 1.54) is 11.9 Å². The zero-order chi connectivity index (χ0) is 33.5. The molecule has 3 aromatic rings. The van der Waals surface area contributed by atoms with E-state index in [4.69, 9.17) is 4.74 Å². The number of carbonyl (C=O) groups is 5. The number of H-pyrrole nitrogens is 1. The number of carbonyl (C=O) groups excluding carboxylic acids is 5. The number of para-hydroxylation sites is 1. The van der Waals surface area contributed by atoms with Gasteiger partial charge in [-0.15, -0.1) is 0 Å². The predicted octanol–water partition coefficient (Wildman–Crippen LogP) is 1.54. The van der Waals surface area contributed by atoms with E-state index in [1.807, 2.05) is 68.6 Å². The number of aromatic amines is 1. The zero-order valence-electron chi connectivity index (χ0n) is 27.2. The molecule has 4 atom stereocenters. The van der Waals surface area contributed by atoms with Crippen LogP contribution in [-0.4, -0.2) is 102 Å². The maximum Gasteiger partial charge on any atom is 0.251 e. The van der Waals surface area contributed by atoms with Gasteiger partial charge in [0.2, 0.25) is 23.6 Å². The van der Waals surface area contributed by atoms with Gasteiger partial charge >= 0.3 is 0 Å². The SMILES string of the molecule is CC(C)[C@@H]1NC(=O)CN(C)C(=O)[C@@H](Cc2ccccc2)NC(=O)[C@H]2CN(C(=O)CCCc3c[nH]c4ccccc34)C[C@H](CNC1=O)O2. The highest BCUT2D eigenvalue weighted by Crippen LogP contribution is 2.21. The maximum atomic E-state index is 13.7. The van der Waals surface area contributed by atoms with Gasteiger partial charge in [-0.25, -0.2) is 0 Å². The van der Waals surface area contributed by atoms with Gasteiger partial charge in [0.1, 0.15) is 12.1 Å². The quantitative estimate of drug-likeness (QED) is 0.306. The van der Waals surface area contributed by atoms with Crippen molar-refractivity contribution in [3.63, 3.8) is 0 Å². The van der Waals surface area contributed by atoms with E-state index in [9.17, 15) is 24.0 Å². The predicted molar refractivity (Wildman–Crippen MR) is 176 cm³/mol. The molecule has 3 heterocycles. The number of hydrogen-bond acceptors (Lipinski definition) is 6. The highest BCUT2D eigenvalue weighted by molar-refractivity contribution is 5.93. The summed E-state index contributed by atoms with van der Waals surface area (Å²) in [4.78, 5) is 73.2. The Morgan fingerprint density at radius 2 is 1.70 bits per heavy atom. The summed E-state index contributed by atoms with van der Waals surface area (Å²) < 4.78 is 6.16. The van der Waals surface area contributed by atoms with Gasteiger partial charge < -0.3 is 35.5 Å². The molecule has 47 heavy (non-hydrogen) atoms. The van der Waals surface area contributed by atoms with Crippen molar-refractivity contribution in [2.75, 3.05) is 33.2 Å². The number of amides is 5. The molecule has 12 nitrogen and oxygen atoms in total. The Labute approximate surface area is 274 Å². The van der Waals surface area contributed by atoms with Gasteiger partial charge in [0.25, 0.3) is 5.91 Å². The molecule has 1 aromatic heterocycles. The van der Waals surface area contributed by atoms with Gasteiger partial charge in [-0.2, -0.15) is 0 Å². The number of ether oxygens (including phenoxy) is 1. The molecule has 0 saturated carbocycles. The van der Waals surface area contributed by atoms with E-state index in [2.05, 4.69) is 27.0 Å². The first-order valence-electron chi connectivity index (χ1n) is 16.2. The van der Waals surface area contributed by atoms with E-state index >= 15 is 0 Å². The van der Waals surface area contributed by atoms with Crippen molar-refractivity contribution in [3.05, 3.63) is 71.9 Å². The maximum absolute atomic E-state index is 13.7. The standard InChI is InChI=1S/C35H44N6O6/c1-22(2)32-34(45)37-18-25-19-41(31(43)15-9-12-24-17-36-27-14-8-7-13-26(24)27)20-29(47-25)33(44)38-28(16-23-10-5-4-6-11-23)35(46)40(3)21-30(42)39-32/h4-8,10-11,13-14,17,22,25,28-29,32,36H,9,12,15-16,18-21H2,1-3H3,(H,37,45)(H,38,44)(H,39,42)/t25-,28+,29+,32-/m0/s1. The van der Waals surface area contributed by atoms with E-state index in [-0.39, 0.29) is 50.8 Å². The molecule has 4 N–H and O–H groups in total. The molecule has 0 radical (unpaired) electrons. The summed E-state index contributed by atoms with van der Waals surface area (Å²) in [6.45, 7) is 3.57. The fourth-order valence-electron chi connectivity index (χ4n) is 6.18. The highest BCUT2D eigenvalue weighted by atomic mass is 16.5. The van der Waals surface area contributed by atoms with Gasteiger partial charge in [-0.1, -0.05) is 62.4 Å². The van der Waals surface area contributed by atoms with Crippen molar-refractivity contribution in [3.8, 4) is 0 Å². The lowest BCUT2D eigenvalue weighted by atomic mass is 10.0. The Bertz CT molecular complexity index is 1590. The summed E-state index contributed by atoms with van der Waals surface area (Å²) >= 11 is 0. The molecule has 0 spiro atoms. The van der Waals surface area contributed by atoms with Crippen molar-refractivity contribution in [2.24, 2.45) is 5.92 Å². The van der Waals surface area contributed by atoms with E-state index in [0.29, 0.717) is 12.8 Å². The van der Waals surface area contributed by atoms with Crippen molar-refractivity contribution < 1.29 is 28.7 Å². The number of likely N-dealkylation sites (N-methyl/N-ethyl adjacent to an activating group) is 1. The largest absolute Gasteiger partial charge is 0.361 e. The number of aryl methyl sites for hydroxylation is 1. The van der Waals surface area contributed by atoms with Gasteiger partial charge in [0, 0.05) is 50.1 Å². The summed E-state index contributed by atoms with van der Waals surface area (Å²) in [6, 6.07) is 15.5. The lowest BCUT2D eigenvalue weighted by Crippen LogP contribution is -2.59. The second-order valence-corrected chi connectivity index (χ2v) is 12.7. The van der Waals surface area contributed by atoms with Crippen LogP contribution in [0.25, 0.3) is 10.9 Å². The van der Waals surface area contributed by atoms with Crippen LogP contribution in [0.15, 0.2) is 60.8 Å². The molecule has 250 valence electrons. The minimum Gasteiger partial charge on any atom is -0.361 e. The first kappa shape index (κ1) is 33.6. The summed E-state index contributed by atoms with van der Waals surface area (Å²) in [6.07, 6.45) is 2.02. The third kappa shape index (κ3) is 8.56. The molecular weight excluding hydrogens is 600 g/mol. The number of morpholine rings is 1. The molecule has 12 heteroatoms. The monoisotopic (exact) mass is 644 g/mol. The van der Waals surface area contributed by atoms with Crippen molar-refractivity contribution in [1.82, 2.24) is 30.7 Å². The molecule has 2 aliphatic rings.